The summed E-state index contributed by atoms with van der Waals surface area (Å²) in [5.41, 5.74) is 5.41. The second-order valence-corrected chi connectivity index (χ2v) is 7.08. The van der Waals surface area contributed by atoms with Gasteiger partial charge in [-0.3, -0.25) is 4.40 Å². The van der Waals surface area contributed by atoms with Gasteiger partial charge in [0.2, 0.25) is 0 Å². The molecule has 0 aliphatic heterocycles. The smallest absolute Gasteiger partial charge is 0.140 e. The van der Waals surface area contributed by atoms with E-state index in [9.17, 15) is 0 Å². The number of aromatic nitrogens is 4. The maximum Gasteiger partial charge on any atom is 0.140 e. The molecule has 0 atom stereocenters. The third-order valence-corrected chi connectivity index (χ3v) is 5.03. The van der Waals surface area contributed by atoms with E-state index in [0.717, 1.165) is 51.8 Å². The number of anilines is 1. The Morgan fingerprint density at radius 1 is 1.12 bits per heavy atom. The summed E-state index contributed by atoms with van der Waals surface area (Å²) in [4.78, 5) is 13.2. The molecule has 3 N–H and O–H groups in total. The first-order valence-corrected chi connectivity index (χ1v) is 10.3. The highest BCUT2D eigenvalue weighted by atomic mass is 16.5. The van der Waals surface area contributed by atoms with Crippen LogP contribution >= 0.6 is 0 Å². The minimum Gasteiger partial charge on any atom is -0.497 e. The van der Waals surface area contributed by atoms with Crippen molar-refractivity contribution >= 4 is 23.3 Å². The van der Waals surface area contributed by atoms with Crippen molar-refractivity contribution < 1.29 is 4.74 Å². The number of rotatable bonds is 9. The van der Waals surface area contributed by atoms with E-state index in [4.69, 9.17) is 10.1 Å². The second-order valence-electron chi connectivity index (χ2n) is 7.08. The minimum absolute atomic E-state index is 0.623. The summed E-state index contributed by atoms with van der Waals surface area (Å²) in [7, 11) is 1.64. The van der Waals surface area contributed by atoms with Crippen LogP contribution in [0.3, 0.4) is 0 Å². The number of benzene rings is 1. The van der Waals surface area contributed by atoms with Crippen molar-refractivity contribution in [2.24, 2.45) is 0 Å². The van der Waals surface area contributed by atoms with Crippen molar-refractivity contribution in [2.75, 3.05) is 19.0 Å². The highest BCUT2D eigenvalue weighted by Gasteiger charge is 2.09. The molecule has 0 aliphatic rings. The Hall–Kier alpha value is -4.20. The SMILES string of the molecule is CCN/C=C(\C=N)c1ccc(CNc2cc(-c3cnc4cc(OC)ccn34)ncn2)cc1. The number of pyridine rings is 1. The first kappa shape index (κ1) is 21.0. The largest absolute Gasteiger partial charge is 0.497 e. The number of fused-ring (bicyclic) bond motifs is 1. The number of hydrogen-bond donors (Lipinski definition) is 3. The summed E-state index contributed by atoms with van der Waals surface area (Å²) >= 11 is 0. The Bertz CT molecular complexity index is 1240. The lowest BCUT2D eigenvalue weighted by Gasteiger charge is -2.09. The van der Waals surface area contributed by atoms with Gasteiger partial charge in [-0.1, -0.05) is 24.3 Å². The number of hydrogen-bond acceptors (Lipinski definition) is 7. The molecule has 8 nitrogen and oxygen atoms in total. The molecular weight excluding hydrogens is 402 g/mol. The molecule has 0 saturated heterocycles. The number of nitrogens with zero attached hydrogens (tertiary/aromatic N) is 4. The lowest BCUT2D eigenvalue weighted by molar-refractivity contribution is 0.414. The molecule has 0 aliphatic carbocycles. The fourth-order valence-corrected chi connectivity index (χ4v) is 3.30. The van der Waals surface area contributed by atoms with Crippen molar-refractivity contribution in [3.8, 4) is 17.1 Å². The highest BCUT2D eigenvalue weighted by molar-refractivity contribution is 6.08. The molecule has 4 rings (SSSR count). The van der Waals surface area contributed by atoms with Crippen molar-refractivity contribution in [3.63, 3.8) is 0 Å². The fraction of sp³-hybridized carbons (Fsp3) is 0.167. The summed E-state index contributed by atoms with van der Waals surface area (Å²) in [5, 5.41) is 14.1. The van der Waals surface area contributed by atoms with Gasteiger partial charge in [-0.2, -0.15) is 0 Å². The maximum absolute atomic E-state index is 7.60. The van der Waals surface area contributed by atoms with E-state index in [-0.39, 0.29) is 0 Å². The van der Waals surface area contributed by atoms with Gasteiger partial charge in [-0.15, -0.1) is 0 Å². The number of allylic oxidation sites excluding steroid dienone is 1. The van der Waals surface area contributed by atoms with E-state index >= 15 is 0 Å². The Kier molecular flexibility index (Phi) is 6.41. The zero-order chi connectivity index (χ0) is 22.3. The van der Waals surface area contributed by atoms with Crippen LogP contribution in [0.15, 0.2) is 67.4 Å². The quantitative estimate of drug-likeness (QED) is 0.349. The van der Waals surface area contributed by atoms with E-state index in [0.29, 0.717) is 6.54 Å². The Morgan fingerprint density at radius 2 is 1.97 bits per heavy atom. The van der Waals surface area contributed by atoms with Gasteiger partial charge in [-0.25, -0.2) is 15.0 Å². The van der Waals surface area contributed by atoms with E-state index in [2.05, 4.69) is 25.6 Å². The topological polar surface area (TPSA) is 100 Å². The van der Waals surface area contributed by atoms with E-state index < -0.39 is 0 Å². The number of methoxy groups -OCH3 is 1. The third-order valence-electron chi connectivity index (χ3n) is 5.03. The van der Waals surface area contributed by atoms with E-state index in [1.165, 1.54) is 6.21 Å². The average molecular weight is 428 g/mol. The van der Waals surface area contributed by atoms with Gasteiger partial charge in [0.05, 0.1) is 24.7 Å². The van der Waals surface area contributed by atoms with Gasteiger partial charge in [0.25, 0.3) is 0 Å². The Labute approximate surface area is 186 Å². The van der Waals surface area contributed by atoms with Gasteiger partial charge < -0.3 is 20.8 Å². The molecule has 0 bridgehead atoms. The van der Waals surface area contributed by atoms with Crippen LogP contribution in [-0.2, 0) is 6.54 Å². The zero-order valence-electron chi connectivity index (χ0n) is 18.0. The molecule has 0 unspecified atom stereocenters. The molecule has 162 valence electrons. The van der Waals surface area contributed by atoms with Gasteiger partial charge >= 0.3 is 0 Å². The molecule has 4 aromatic rings. The van der Waals surface area contributed by atoms with E-state index in [1.807, 2.05) is 66.2 Å². The van der Waals surface area contributed by atoms with Crippen molar-refractivity contribution in [2.45, 2.75) is 13.5 Å². The molecule has 3 aromatic heterocycles. The highest BCUT2D eigenvalue weighted by Crippen LogP contribution is 2.23. The van der Waals surface area contributed by atoms with Crippen LogP contribution in [0.25, 0.3) is 22.6 Å². The van der Waals surface area contributed by atoms with Crippen molar-refractivity contribution in [1.82, 2.24) is 24.7 Å². The molecule has 1 aromatic carbocycles. The van der Waals surface area contributed by atoms with Crippen molar-refractivity contribution in [3.05, 3.63) is 78.5 Å². The van der Waals surface area contributed by atoms with Crippen LogP contribution < -0.4 is 15.4 Å². The summed E-state index contributed by atoms with van der Waals surface area (Å²) < 4.78 is 7.24. The monoisotopic (exact) mass is 427 g/mol. The van der Waals surface area contributed by atoms with Crippen LogP contribution in [0, 0.1) is 5.41 Å². The fourth-order valence-electron chi connectivity index (χ4n) is 3.30. The van der Waals surface area contributed by atoms with Crippen LogP contribution in [0.1, 0.15) is 18.1 Å². The van der Waals surface area contributed by atoms with Crippen LogP contribution in [-0.4, -0.2) is 39.2 Å². The molecule has 0 fully saturated rings. The number of imidazole rings is 1. The summed E-state index contributed by atoms with van der Waals surface area (Å²) in [6.45, 7) is 3.47. The average Bonchev–Trinajstić information content (AvgIpc) is 3.27. The predicted molar refractivity (Wildman–Crippen MR) is 127 cm³/mol. The van der Waals surface area contributed by atoms with Crippen LogP contribution in [0.5, 0.6) is 5.75 Å². The number of nitrogens with one attached hydrogen (secondary N) is 3. The standard InChI is InChI=1S/C24H25N7O/c1-3-26-14-19(12-25)18-6-4-17(5-7-18)13-27-23-11-21(29-16-30-23)22-15-28-24-10-20(32-2)8-9-31(22)24/h4-12,14-16,25-26H,3,13H2,1-2H3,(H,27,29,30)/b19-14+,25-12?. The van der Waals surface area contributed by atoms with E-state index in [1.54, 1.807) is 19.6 Å². The molecule has 0 amide bonds. The lowest BCUT2D eigenvalue weighted by atomic mass is 10.1. The first-order chi connectivity index (χ1) is 15.7. The number of ether oxygens (including phenoxy) is 1. The summed E-state index contributed by atoms with van der Waals surface area (Å²) in [5.74, 6) is 1.49. The van der Waals surface area contributed by atoms with Gasteiger partial charge in [0, 0.05) is 49.4 Å². The second kappa shape index (κ2) is 9.74. The molecule has 0 spiro atoms. The van der Waals surface area contributed by atoms with Crippen molar-refractivity contribution in [1.29, 1.82) is 5.41 Å². The maximum atomic E-state index is 7.60. The molecule has 0 saturated carbocycles. The van der Waals surface area contributed by atoms with Gasteiger partial charge in [0.1, 0.15) is 23.5 Å². The Morgan fingerprint density at radius 3 is 2.72 bits per heavy atom. The van der Waals surface area contributed by atoms with Gasteiger partial charge in [0.15, 0.2) is 0 Å². The van der Waals surface area contributed by atoms with Gasteiger partial charge in [-0.05, 0) is 24.1 Å². The molecule has 32 heavy (non-hydrogen) atoms. The molecular formula is C24H25N7O. The van der Waals surface area contributed by atoms with Crippen LogP contribution in [0.2, 0.25) is 0 Å². The normalized spacial score (nSPS) is 11.4. The third kappa shape index (κ3) is 4.59. The summed E-state index contributed by atoms with van der Waals surface area (Å²) in [6, 6.07) is 13.8. The minimum atomic E-state index is 0.623. The zero-order valence-corrected chi connectivity index (χ0v) is 18.0. The predicted octanol–water partition coefficient (Wildman–Crippen LogP) is 4.01. The Balaban J connectivity index is 1.48. The first-order valence-electron chi connectivity index (χ1n) is 10.3. The lowest BCUT2D eigenvalue weighted by Crippen LogP contribution is -2.05. The molecule has 0 radical (unpaired) electrons. The van der Waals surface area contributed by atoms with Crippen LogP contribution in [0.4, 0.5) is 5.82 Å². The summed E-state index contributed by atoms with van der Waals surface area (Å²) in [6.07, 6.45) is 8.47. The molecule has 3 heterocycles. The molecule has 8 heteroatoms.